The standard InChI is InChI=1S/C19H20ClF3N4O4S/c20-16-17(12-1-2-12)27(25-18(16)19(21,22)23)11-15(28)24-13-3-5-14(6-4-13)32(29,30)26-7-9-31-10-8-26/h3-6,12H,1-2,7-11H2,(H,24,28). The Morgan fingerprint density at radius 2 is 1.81 bits per heavy atom. The number of anilines is 1. The van der Waals surface area contributed by atoms with Crippen molar-refractivity contribution in [2.45, 2.75) is 36.4 Å². The van der Waals surface area contributed by atoms with Gasteiger partial charge in [-0.25, -0.2) is 8.42 Å². The first-order chi connectivity index (χ1) is 15.1. The van der Waals surface area contributed by atoms with E-state index < -0.39 is 39.4 Å². The Kier molecular flexibility index (Phi) is 6.23. The van der Waals surface area contributed by atoms with Crippen molar-refractivity contribution in [3.63, 3.8) is 0 Å². The SMILES string of the molecule is O=C(Cn1nc(C(F)(F)F)c(Cl)c1C1CC1)Nc1ccc(S(=O)(=O)N2CCOCC2)cc1. The fourth-order valence-electron chi connectivity index (χ4n) is 3.48. The van der Waals surface area contributed by atoms with Crippen LogP contribution in [0.15, 0.2) is 29.2 Å². The highest BCUT2D eigenvalue weighted by Gasteiger charge is 2.42. The number of carbonyl (C=O) groups is 1. The van der Waals surface area contributed by atoms with Gasteiger partial charge in [0.2, 0.25) is 15.9 Å². The maximum Gasteiger partial charge on any atom is 0.436 e. The van der Waals surface area contributed by atoms with E-state index in [1.807, 2.05) is 0 Å². The Balaban J connectivity index is 1.46. The van der Waals surface area contributed by atoms with Gasteiger partial charge in [-0.2, -0.15) is 22.6 Å². The van der Waals surface area contributed by atoms with E-state index in [1.165, 1.54) is 28.6 Å². The largest absolute Gasteiger partial charge is 0.436 e. The minimum Gasteiger partial charge on any atom is -0.379 e. The van der Waals surface area contributed by atoms with Gasteiger partial charge >= 0.3 is 6.18 Å². The number of hydrogen-bond acceptors (Lipinski definition) is 5. The third-order valence-electron chi connectivity index (χ3n) is 5.20. The molecule has 0 bridgehead atoms. The monoisotopic (exact) mass is 492 g/mol. The van der Waals surface area contributed by atoms with Gasteiger partial charge < -0.3 is 10.1 Å². The molecular formula is C19H20ClF3N4O4S. The molecule has 32 heavy (non-hydrogen) atoms. The number of nitrogens with zero attached hydrogens (tertiary/aromatic N) is 3. The number of sulfonamides is 1. The lowest BCUT2D eigenvalue weighted by Gasteiger charge is -2.26. The summed E-state index contributed by atoms with van der Waals surface area (Å²) in [4.78, 5) is 12.5. The fourth-order valence-corrected chi connectivity index (χ4v) is 5.29. The molecule has 1 N–H and O–H groups in total. The molecule has 0 atom stereocenters. The molecule has 0 unspecified atom stereocenters. The second-order valence-corrected chi connectivity index (χ2v) is 9.88. The molecule has 1 saturated carbocycles. The molecule has 4 rings (SSSR count). The van der Waals surface area contributed by atoms with Gasteiger partial charge in [0.1, 0.15) is 6.54 Å². The highest BCUT2D eigenvalue weighted by molar-refractivity contribution is 7.89. The van der Waals surface area contributed by atoms with Crippen molar-refractivity contribution in [3.8, 4) is 0 Å². The minimum atomic E-state index is -4.72. The summed E-state index contributed by atoms with van der Waals surface area (Å²) in [5.74, 6) is -0.757. The van der Waals surface area contributed by atoms with Gasteiger partial charge in [-0.15, -0.1) is 0 Å². The molecule has 0 radical (unpaired) electrons. The summed E-state index contributed by atoms with van der Waals surface area (Å²) in [5, 5.41) is 5.61. The number of benzene rings is 1. The van der Waals surface area contributed by atoms with Crippen molar-refractivity contribution >= 4 is 33.2 Å². The Hall–Kier alpha value is -2.15. The summed E-state index contributed by atoms with van der Waals surface area (Å²) in [7, 11) is -3.67. The van der Waals surface area contributed by atoms with E-state index in [4.69, 9.17) is 16.3 Å². The zero-order valence-electron chi connectivity index (χ0n) is 16.7. The molecule has 1 aliphatic heterocycles. The van der Waals surface area contributed by atoms with Gasteiger partial charge in [-0.1, -0.05) is 11.6 Å². The Morgan fingerprint density at radius 1 is 1.19 bits per heavy atom. The first kappa shape index (κ1) is 23.0. The van der Waals surface area contributed by atoms with Crippen LogP contribution in [0, 0.1) is 0 Å². The van der Waals surface area contributed by atoms with E-state index in [1.54, 1.807) is 0 Å². The number of amides is 1. The smallest absolute Gasteiger partial charge is 0.379 e. The molecular weight excluding hydrogens is 473 g/mol. The Bertz CT molecular complexity index is 1110. The topological polar surface area (TPSA) is 93.5 Å². The maximum absolute atomic E-state index is 13.2. The number of nitrogens with one attached hydrogen (secondary N) is 1. The lowest BCUT2D eigenvalue weighted by Crippen LogP contribution is -2.40. The number of ether oxygens (including phenoxy) is 1. The second-order valence-electron chi connectivity index (χ2n) is 7.57. The van der Waals surface area contributed by atoms with Crippen molar-refractivity contribution in [2.24, 2.45) is 0 Å². The molecule has 8 nitrogen and oxygen atoms in total. The Labute approximate surface area is 187 Å². The number of carbonyl (C=O) groups excluding carboxylic acids is 1. The molecule has 13 heteroatoms. The van der Waals surface area contributed by atoms with Gasteiger partial charge in [0.15, 0.2) is 5.69 Å². The van der Waals surface area contributed by atoms with E-state index in [-0.39, 0.29) is 29.6 Å². The van der Waals surface area contributed by atoms with Crippen LogP contribution in [0.25, 0.3) is 0 Å². The number of rotatable bonds is 6. The molecule has 1 aliphatic carbocycles. The van der Waals surface area contributed by atoms with Gasteiger partial charge in [-0.3, -0.25) is 9.48 Å². The molecule has 0 spiro atoms. The highest BCUT2D eigenvalue weighted by atomic mass is 35.5. The zero-order chi connectivity index (χ0) is 23.1. The van der Waals surface area contributed by atoms with Crippen LogP contribution in [-0.2, 0) is 32.3 Å². The van der Waals surface area contributed by atoms with Crippen LogP contribution in [0.4, 0.5) is 18.9 Å². The van der Waals surface area contributed by atoms with Crippen LogP contribution in [0.3, 0.4) is 0 Å². The van der Waals surface area contributed by atoms with E-state index in [0.29, 0.717) is 31.7 Å². The quantitative estimate of drug-likeness (QED) is 0.669. The summed E-state index contributed by atoms with van der Waals surface area (Å²) < 4.78 is 72.3. The number of morpholine rings is 1. The summed E-state index contributed by atoms with van der Waals surface area (Å²) in [6.45, 7) is 0.718. The molecule has 174 valence electrons. The Morgan fingerprint density at radius 3 is 2.38 bits per heavy atom. The fraction of sp³-hybridized carbons (Fsp3) is 0.474. The van der Waals surface area contributed by atoms with E-state index in [9.17, 15) is 26.4 Å². The molecule has 1 aromatic heterocycles. The first-order valence-corrected chi connectivity index (χ1v) is 11.7. The van der Waals surface area contributed by atoms with Crippen LogP contribution >= 0.6 is 11.6 Å². The average molecular weight is 493 g/mol. The van der Waals surface area contributed by atoms with Gasteiger partial charge in [-0.05, 0) is 37.1 Å². The summed E-state index contributed by atoms with van der Waals surface area (Å²) >= 11 is 5.91. The van der Waals surface area contributed by atoms with Crippen molar-refractivity contribution in [3.05, 3.63) is 40.7 Å². The van der Waals surface area contributed by atoms with E-state index >= 15 is 0 Å². The molecule has 1 amide bonds. The van der Waals surface area contributed by atoms with Crippen LogP contribution in [0.2, 0.25) is 5.02 Å². The van der Waals surface area contributed by atoms with Crippen LogP contribution in [0.5, 0.6) is 0 Å². The lowest BCUT2D eigenvalue weighted by atomic mass is 10.2. The van der Waals surface area contributed by atoms with Crippen molar-refractivity contribution in [1.82, 2.24) is 14.1 Å². The normalized spacial score (nSPS) is 18.0. The molecule has 1 saturated heterocycles. The van der Waals surface area contributed by atoms with Crippen LogP contribution in [-0.4, -0.2) is 54.7 Å². The average Bonchev–Trinajstić information content (AvgIpc) is 3.51. The van der Waals surface area contributed by atoms with Crippen molar-refractivity contribution in [1.29, 1.82) is 0 Å². The lowest BCUT2D eigenvalue weighted by molar-refractivity contribution is -0.141. The number of halogens is 4. The highest BCUT2D eigenvalue weighted by Crippen LogP contribution is 2.46. The molecule has 1 aromatic carbocycles. The molecule has 2 aromatic rings. The number of aromatic nitrogens is 2. The van der Waals surface area contributed by atoms with Crippen molar-refractivity contribution in [2.75, 3.05) is 31.6 Å². The van der Waals surface area contributed by atoms with E-state index in [2.05, 4.69) is 10.4 Å². The van der Waals surface area contributed by atoms with Gasteiger partial charge in [0.05, 0.1) is 28.8 Å². The third-order valence-corrected chi connectivity index (χ3v) is 7.49. The van der Waals surface area contributed by atoms with Gasteiger partial charge in [0.25, 0.3) is 0 Å². The number of alkyl halides is 3. The second kappa shape index (κ2) is 8.65. The van der Waals surface area contributed by atoms with Crippen LogP contribution < -0.4 is 5.32 Å². The number of hydrogen-bond donors (Lipinski definition) is 1. The molecule has 2 fully saturated rings. The summed E-state index contributed by atoms with van der Waals surface area (Å²) in [5.41, 5.74) is -0.689. The first-order valence-electron chi connectivity index (χ1n) is 9.88. The van der Waals surface area contributed by atoms with E-state index in [0.717, 1.165) is 4.68 Å². The zero-order valence-corrected chi connectivity index (χ0v) is 18.3. The maximum atomic E-state index is 13.2. The van der Waals surface area contributed by atoms with Crippen LogP contribution in [0.1, 0.15) is 30.1 Å². The van der Waals surface area contributed by atoms with Crippen molar-refractivity contribution < 1.29 is 31.1 Å². The molecule has 2 heterocycles. The minimum absolute atomic E-state index is 0.0714. The predicted octanol–water partition coefficient (Wildman–Crippen LogP) is 3.09. The summed E-state index contributed by atoms with van der Waals surface area (Å²) in [6.07, 6.45) is -3.35. The summed E-state index contributed by atoms with van der Waals surface area (Å²) in [6, 6.07) is 5.57. The predicted molar refractivity (Wildman–Crippen MR) is 109 cm³/mol. The van der Waals surface area contributed by atoms with Gasteiger partial charge in [0, 0.05) is 24.7 Å². The molecule has 2 aliphatic rings. The third kappa shape index (κ3) is 4.77.